The molecule has 270 valence electrons. The van der Waals surface area contributed by atoms with E-state index in [2.05, 4.69) is 203 Å². The standard InChI is InChI=1S/C55H40N2/c1-54(2)47-24-14-22-42(52(47)45-31-38-17-10-11-18-39(38)32-48(45)54)35-25-27-36(28-26-35)50-34-51(57-53(56-50)37-15-6-4-7-16-37)40-29-30-44-43-21-12-13-23-46(43)55(3,49(44)33-40)41-19-8-5-9-20-41/h4-34H,1-3H3. The van der Waals surface area contributed by atoms with Crippen molar-refractivity contribution in [2.75, 3.05) is 0 Å². The van der Waals surface area contributed by atoms with Gasteiger partial charge in [-0.3, -0.25) is 0 Å². The minimum Gasteiger partial charge on any atom is -0.228 e. The highest BCUT2D eigenvalue weighted by molar-refractivity contribution is 5.98. The van der Waals surface area contributed by atoms with E-state index < -0.39 is 0 Å². The molecule has 11 rings (SSSR count). The van der Waals surface area contributed by atoms with Crippen molar-refractivity contribution in [3.63, 3.8) is 0 Å². The summed E-state index contributed by atoms with van der Waals surface area (Å²) in [6, 6.07) is 68.4. The number of benzene rings is 8. The van der Waals surface area contributed by atoms with Gasteiger partial charge in [-0.2, -0.15) is 0 Å². The zero-order valence-electron chi connectivity index (χ0n) is 32.3. The number of rotatable bonds is 5. The van der Waals surface area contributed by atoms with Crippen LogP contribution in [0.1, 0.15) is 48.6 Å². The second kappa shape index (κ2) is 12.6. The van der Waals surface area contributed by atoms with E-state index in [4.69, 9.17) is 9.97 Å². The molecule has 0 radical (unpaired) electrons. The van der Waals surface area contributed by atoms with E-state index >= 15 is 0 Å². The highest BCUT2D eigenvalue weighted by atomic mass is 14.9. The Morgan fingerprint density at radius 2 is 0.930 bits per heavy atom. The van der Waals surface area contributed by atoms with Crippen molar-refractivity contribution in [1.82, 2.24) is 9.97 Å². The number of hydrogen-bond donors (Lipinski definition) is 0. The summed E-state index contributed by atoms with van der Waals surface area (Å²) >= 11 is 0. The van der Waals surface area contributed by atoms with Crippen molar-refractivity contribution in [3.8, 4) is 67.3 Å². The topological polar surface area (TPSA) is 25.8 Å². The summed E-state index contributed by atoms with van der Waals surface area (Å²) in [5, 5.41) is 2.56. The minimum atomic E-state index is -0.294. The largest absolute Gasteiger partial charge is 0.228 e. The van der Waals surface area contributed by atoms with E-state index in [1.165, 1.54) is 72.0 Å². The second-order valence-corrected chi connectivity index (χ2v) is 16.3. The lowest BCUT2D eigenvalue weighted by atomic mass is 9.74. The summed E-state index contributed by atoms with van der Waals surface area (Å²) in [6.45, 7) is 7.08. The molecule has 0 fully saturated rings. The quantitative estimate of drug-likeness (QED) is 0.176. The molecule has 0 N–H and O–H groups in total. The fraction of sp³-hybridized carbons (Fsp3) is 0.0909. The Morgan fingerprint density at radius 1 is 0.351 bits per heavy atom. The molecule has 2 aliphatic carbocycles. The second-order valence-electron chi connectivity index (χ2n) is 16.3. The molecule has 2 nitrogen and oxygen atoms in total. The third-order valence-electron chi connectivity index (χ3n) is 12.8. The predicted molar refractivity (Wildman–Crippen MR) is 236 cm³/mol. The minimum absolute atomic E-state index is 0.0886. The summed E-state index contributed by atoms with van der Waals surface area (Å²) in [4.78, 5) is 10.5. The molecule has 1 heterocycles. The molecule has 0 aliphatic heterocycles. The average Bonchev–Trinajstić information content (AvgIpc) is 3.66. The Hall–Kier alpha value is -6.90. The van der Waals surface area contributed by atoms with Gasteiger partial charge in [-0.25, -0.2) is 9.97 Å². The van der Waals surface area contributed by atoms with E-state index in [-0.39, 0.29) is 10.8 Å². The molecule has 8 aromatic carbocycles. The smallest absolute Gasteiger partial charge is 0.160 e. The monoisotopic (exact) mass is 728 g/mol. The van der Waals surface area contributed by atoms with Gasteiger partial charge in [0.1, 0.15) is 0 Å². The summed E-state index contributed by atoms with van der Waals surface area (Å²) < 4.78 is 0. The van der Waals surface area contributed by atoms with Crippen molar-refractivity contribution in [2.24, 2.45) is 0 Å². The van der Waals surface area contributed by atoms with Crippen LogP contribution in [0.2, 0.25) is 0 Å². The summed E-state index contributed by atoms with van der Waals surface area (Å²) in [5.74, 6) is 0.716. The number of fused-ring (bicyclic) bond motifs is 7. The molecule has 0 amide bonds. The van der Waals surface area contributed by atoms with Crippen LogP contribution in [0.25, 0.3) is 78.1 Å². The van der Waals surface area contributed by atoms with E-state index in [0.717, 1.165) is 28.1 Å². The predicted octanol–water partition coefficient (Wildman–Crippen LogP) is 13.9. The van der Waals surface area contributed by atoms with Gasteiger partial charge < -0.3 is 0 Å². The molecule has 0 bridgehead atoms. The lowest BCUT2D eigenvalue weighted by Crippen LogP contribution is -2.22. The first-order valence-corrected chi connectivity index (χ1v) is 19.9. The van der Waals surface area contributed by atoms with Gasteiger partial charge in [0.25, 0.3) is 0 Å². The molecule has 1 aromatic heterocycles. The molecule has 0 saturated carbocycles. The Balaban J connectivity index is 1.03. The first-order chi connectivity index (χ1) is 27.9. The van der Waals surface area contributed by atoms with Crippen LogP contribution in [0.5, 0.6) is 0 Å². The SMILES string of the molecule is CC1(C)c2cc3ccccc3cc2-c2c(-c3ccc(-c4cc(-c5ccc6c(c5)C(C)(c5ccccc5)c5ccccc5-6)nc(-c5ccccc5)n4)cc3)cccc21. The first-order valence-electron chi connectivity index (χ1n) is 19.9. The van der Waals surface area contributed by atoms with Crippen LogP contribution in [-0.4, -0.2) is 9.97 Å². The highest BCUT2D eigenvalue weighted by Gasteiger charge is 2.41. The first kappa shape index (κ1) is 33.4. The van der Waals surface area contributed by atoms with Gasteiger partial charge in [-0.15, -0.1) is 0 Å². The van der Waals surface area contributed by atoms with E-state index in [1.54, 1.807) is 0 Å². The normalized spacial score (nSPS) is 15.8. The molecule has 1 atom stereocenters. The van der Waals surface area contributed by atoms with Crippen LogP contribution in [0.15, 0.2) is 188 Å². The molecule has 0 spiro atoms. The zero-order chi connectivity index (χ0) is 38.3. The average molecular weight is 729 g/mol. The molecule has 2 aliphatic rings. The van der Waals surface area contributed by atoms with Crippen molar-refractivity contribution >= 4 is 10.8 Å². The van der Waals surface area contributed by atoms with Crippen LogP contribution >= 0.6 is 0 Å². The van der Waals surface area contributed by atoms with Crippen LogP contribution < -0.4 is 0 Å². The number of nitrogens with zero attached hydrogens (tertiary/aromatic N) is 2. The van der Waals surface area contributed by atoms with Gasteiger partial charge in [-0.05, 0) is 103 Å². The lowest BCUT2D eigenvalue weighted by molar-refractivity contribution is 0.661. The maximum Gasteiger partial charge on any atom is 0.160 e. The fourth-order valence-electron chi connectivity index (χ4n) is 9.73. The highest BCUT2D eigenvalue weighted by Crippen LogP contribution is 2.54. The van der Waals surface area contributed by atoms with Crippen molar-refractivity contribution in [1.29, 1.82) is 0 Å². The Kier molecular flexibility index (Phi) is 7.37. The summed E-state index contributed by atoms with van der Waals surface area (Å²) in [5.41, 5.74) is 18.9. The number of hydrogen-bond acceptors (Lipinski definition) is 2. The van der Waals surface area contributed by atoms with Crippen LogP contribution in [0, 0.1) is 0 Å². The fourth-order valence-corrected chi connectivity index (χ4v) is 9.73. The Labute approximate surface area is 334 Å². The maximum absolute atomic E-state index is 5.24. The zero-order valence-corrected chi connectivity index (χ0v) is 32.3. The van der Waals surface area contributed by atoms with Crippen LogP contribution in [-0.2, 0) is 10.8 Å². The van der Waals surface area contributed by atoms with Gasteiger partial charge in [0.15, 0.2) is 5.82 Å². The molecule has 0 saturated heterocycles. The van der Waals surface area contributed by atoms with Gasteiger partial charge in [0.2, 0.25) is 0 Å². The van der Waals surface area contributed by atoms with Gasteiger partial charge in [-0.1, -0.05) is 178 Å². The van der Waals surface area contributed by atoms with E-state index in [0.29, 0.717) is 5.82 Å². The van der Waals surface area contributed by atoms with E-state index in [1.807, 2.05) is 6.07 Å². The van der Waals surface area contributed by atoms with Crippen LogP contribution in [0.4, 0.5) is 0 Å². The van der Waals surface area contributed by atoms with Gasteiger partial charge >= 0.3 is 0 Å². The Bertz CT molecular complexity index is 3030. The van der Waals surface area contributed by atoms with Gasteiger partial charge in [0.05, 0.1) is 11.4 Å². The molecule has 57 heavy (non-hydrogen) atoms. The van der Waals surface area contributed by atoms with Crippen molar-refractivity contribution < 1.29 is 0 Å². The summed E-state index contributed by atoms with van der Waals surface area (Å²) in [6.07, 6.45) is 0. The number of aromatic nitrogens is 2. The van der Waals surface area contributed by atoms with Crippen molar-refractivity contribution in [3.05, 3.63) is 216 Å². The molecular weight excluding hydrogens is 689 g/mol. The molecular formula is C55H40N2. The molecule has 1 unspecified atom stereocenters. The van der Waals surface area contributed by atoms with Gasteiger partial charge in [0, 0.05) is 27.5 Å². The van der Waals surface area contributed by atoms with Crippen LogP contribution in [0.3, 0.4) is 0 Å². The Morgan fingerprint density at radius 3 is 1.70 bits per heavy atom. The summed E-state index contributed by atoms with van der Waals surface area (Å²) in [7, 11) is 0. The third kappa shape index (κ3) is 5.10. The maximum atomic E-state index is 5.24. The molecule has 9 aromatic rings. The van der Waals surface area contributed by atoms with E-state index in [9.17, 15) is 0 Å². The molecule has 2 heteroatoms. The van der Waals surface area contributed by atoms with Crippen molar-refractivity contribution in [2.45, 2.75) is 31.6 Å². The third-order valence-corrected chi connectivity index (χ3v) is 12.8. The lowest BCUT2D eigenvalue weighted by Gasteiger charge is -2.28.